The molecule has 18 heavy (non-hydrogen) atoms. The molecule has 0 fully saturated rings. The standard InChI is InChI=1S/C14H14ClFN2/c1-9-11(3-2-6-18-9)14(17)8-10-4-5-12(15)13(16)7-10/h2-7,14H,8,17H2,1H3. The van der Waals surface area contributed by atoms with E-state index in [1.807, 2.05) is 19.1 Å². The first-order valence-electron chi connectivity index (χ1n) is 5.69. The summed E-state index contributed by atoms with van der Waals surface area (Å²) in [4.78, 5) is 4.20. The van der Waals surface area contributed by atoms with Crippen molar-refractivity contribution in [2.45, 2.75) is 19.4 Å². The lowest BCUT2D eigenvalue weighted by atomic mass is 9.99. The predicted octanol–water partition coefficient (Wildman–Crippen LogP) is 3.43. The normalized spacial score (nSPS) is 12.4. The van der Waals surface area contributed by atoms with E-state index >= 15 is 0 Å². The molecule has 2 N–H and O–H groups in total. The third kappa shape index (κ3) is 2.86. The summed E-state index contributed by atoms with van der Waals surface area (Å²) in [6.07, 6.45) is 2.29. The van der Waals surface area contributed by atoms with Gasteiger partial charge in [-0.1, -0.05) is 23.7 Å². The van der Waals surface area contributed by atoms with Gasteiger partial charge in [0.25, 0.3) is 0 Å². The zero-order valence-electron chi connectivity index (χ0n) is 10.0. The molecule has 2 aromatic rings. The molecule has 1 aromatic heterocycles. The lowest BCUT2D eigenvalue weighted by Crippen LogP contribution is -2.15. The van der Waals surface area contributed by atoms with Crippen LogP contribution in [0.3, 0.4) is 0 Å². The molecule has 94 valence electrons. The lowest BCUT2D eigenvalue weighted by Gasteiger charge is -2.14. The number of benzene rings is 1. The van der Waals surface area contributed by atoms with E-state index in [4.69, 9.17) is 17.3 Å². The summed E-state index contributed by atoms with van der Waals surface area (Å²) in [6, 6.07) is 8.36. The maximum atomic E-state index is 13.3. The van der Waals surface area contributed by atoms with Gasteiger partial charge in [0.2, 0.25) is 0 Å². The fourth-order valence-electron chi connectivity index (χ4n) is 1.92. The van der Waals surface area contributed by atoms with Crippen molar-refractivity contribution in [2.75, 3.05) is 0 Å². The topological polar surface area (TPSA) is 38.9 Å². The first kappa shape index (κ1) is 13.0. The highest BCUT2D eigenvalue weighted by molar-refractivity contribution is 6.30. The Morgan fingerprint density at radius 3 is 2.83 bits per heavy atom. The van der Waals surface area contributed by atoms with Gasteiger partial charge in [-0.15, -0.1) is 0 Å². The molecule has 0 amide bonds. The van der Waals surface area contributed by atoms with Crippen LogP contribution in [0.25, 0.3) is 0 Å². The molecule has 0 saturated carbocycles. The Morgan fingerprint density at radius 2 is 2.17 bits per heavy atom. The van der Waals surface area contributed by atoms with E-state index in [1.54, 1.807) is 18.3 Å². The summed E-state index contributed by atoms with van der Waals surface area (Å²) in [7, 11) is 0. The van der Waals surface area contributed by atoms with Crippen molar-refractivity contribution in [2.24, 2.45) is 5.73 Å². The van der Waals surface area contributed by atoms with Crippen molar-refractivity contribution >= 4 is 11.6 Å². The van der Waals surface area contributed by atoms with Crippen molar-refractivity contribution < 1.29 is 4.39 Å². The van der Waals surface area contributed by atoms with Crippen LogP contribution in [0.5, 0.6) is 0 Å². The first-order chi connectivity index (χ1) is 8.58. The number of nitrogens with two attached hydrogens (primary N) is 1. The molecule has 2 rings (SSSR count). The number of rotatable bonds is 3. The van der Waals surface area contributed by atoms with Crippen LogP contribution in [0.4, 0.5) is 4.39 Å². The molecule has 0 aliphatic heterocycles. The zero-order valence-corrected chi connectivity index (χ0v) is 10.8. The molecular formula is C14H14ClFN2. The van der Waals surface area contributed by atoms with Crippen LogP contribution < -0.4 is 5.73 Å². The number of hydrogen-bond acceptors (Lipinski definition) is 2. The van der Waals surface area contributed by atoms with Crippen LogP contribution in [0.2, 0.25) is 5.02 Å². The van der Waals surface area contributed by atoms with Crippen molar-refractivity contribution in [1.29, 1.82) is 0 Å². The van der Waals surface area contributed by atoms with Crippen LogP contribution in [0.1, 0.15) is 22.9 Å². The molecule has 1 heterocycles. The molecule has 2 nitrogen and oxygen atoms in total. The lowest BCUT2D eigenvalue weighted by molar-refractivity contribution is 0.622. The largest absolute Gasteiger partial charge is 0.324 e. The second-order valence-corrected chi connectivity index (χ2v) is 4.64. The molecule has 1 aromatic carbocycles. The number of pyridine rings is 1. The van der Waals surface area contributed by atoms with Crippen molar-refractivity contribution in [1.82, 2.24) is 4.98 Å². The third-order valence-electron chi connectivity index (χ3n) is 2.89. The summed E-state index contributed by atoms with van der Waals surface area (Å²) in [6.45, 7) is 1.91. The minimum atomic E-state index is -0.413. The van der Waals surface area contributed by atoms with Crippen molar-refractivity contribution in [3.63, 3.8) is 0 Å². The highest BCUT2D eigenvalue weighted by atomic mass is 35.5. The summed E-state index contributed by atoms with van der Waals surface area (Å²) < 4.78 is 13.3. The number of aryl methyl sites for hydroxylation is 1. The quantitative estimate of drug-likeness (QED) is 0.923. The van der Waals surface area contributed by atoms with Gasteiger partial charge in [0, 0.05) is 17.9 Å². The van der Waals surface area contributed by atoms with Gasteiger partial charge in [0.15, 0.2) is 0 Å². The molecule has 0 saturated heterocycles. The Kier molecular flexibility index (Phi) is 3.94. The van der Waals surface area contributed by atoms with Gasteiger partial charge in [-0.2, -0.15) is 0 Å². The van der Waals surface area contributed by atoms with E-state index in [9.17, 15) is 4.39 Å². The van der Waals surface area contributed by atoms with E-state index in [2.05, 4.69) is 4.98 Å². The maximum absolute atomic E-state index is 13.3. The Morgan fingerprint density at radius 1 is 1.39 bits per heavy atom. The van der Waals surface area contributed by atoms with E-state index in [0.29, 0.717) is 6.42 Å². The Hall–Kier alpha value is -1.45. The number of nitrogens with zero attached hydrogens (tertiary/aromatic N) is 1. The Labute approximate surface area is 111 Å². The average molecular weight is 265 g/mol. The van der Waals surface area contributed by atoms with Crippen LogP contribution in [0.15, 0.2) is 36.5 Å². The summed E-state index contributed by atoms with van der Waals surface area (Å²) >= 11 is 5.64. The monoisotopic (exact) mass is 264 g/mol. The number of hydrogen-bond donors (Lipinski definition) is 1. The summed E-state index contributed by atoms with van der Waals surface area (Å²) in [5.74, 6) is -0.413. The molecule has 0 spiro atoms. The smallest absolute Gasteiger partial charge is 0.142 e. The maximum Gasteiger partial charge on any atom is 0.142 e. The molecule has 0 aliphatic rings. The number of aromatic nitrogens is 1. The first-order valence-corrected chi connectivity index (χ1v) is 6.06. The minimum absolute atomic E-state index is 0.130. The van der Waals surface area contributed by atoms with Gasteiger partial charge >= 0.3 is 0 Å². The fraction of sp³-hybridized carbons (Fsp3) is 0.214. The van der Waals surface area contributed by atoms with Crippen LogP contribution in [-0.2, 0) is 6.42 Å². The van der Waals surface area contributed by atoms with Crippen molar-refractivity contribution in [3.05, 3.63) is 64.2 Å². The van der Waals surface area contributed by atoms with Crippen LogP contribution >= 0.6 is 11.6 Å². The molecule has 1 unspecified atom stereocenters. The van der Waals surface area contributed by atoms with Crippen LogP contribution in [-0.4, -0.2) is 4.98 Å². The molecule has 0 radical (unpaired) electrons. The summed E-state index contributed by atoms with van der Waals surface area (Å²) in [5.41, 5.74) is 8.83. The molecule has 0 bridgehead atoms. The fourth-order valence-corrected chi connectivity index (χ4v) is 2.04. The third-order valence-corrected chi connectivity index (χ3v) is 3.19. The van der Waals surface area contributed by atoms with E-state index in [0.717, 1.165) is 16.8 Å². The second kappa shape index (κ2) is 5.46. The highest BCUT2D eigenvalue weighted by Gasteiger charge is 2.11. The van der Waals surface area contributed by atoms with E-state index in [1.165, 1.54) is 6.07 Å². The van der Waals surface area contributed by atoms with E-state index in [-0.39, 0.29) is 11.1 Å². The van der Waals surface area contributed by atoms with Gasteiger partial charge in [0.1, 0.15) is 5.82 Å². The molecular weight excluding hydrogens is 251 g/mol. The van der Waals surface area contributed by atoms with Gasteiger partial charge in [-0.25, -0.2) is 4.39 Å². The van der Waals surface area contributed by atoms with Gasteiger partial charge < -0.3 is 5.73 Å². The molecule has 0 aliphatic carbocycles. The number of halogens is 2. The minimum Gasteiger partial charge on any atom is -0.324 e. The Balaban J connectivity index is 2.19. The zero-order chi connectivity index (χ0) is 13.1. The average Bonchev–Trinajstić information content (AvgIpc) is 2.34. The predicted molar refractivity (Wildman–Crippen MR) is 71.0 cm³/mol. The van der Waals surface area contributed by atoms with Gasteiger partial charge in [-0.05, 0) is 42.7 Å². The molecule has 4 heteroatoms. The SMILES string of the molecule is Cc1ncccc1C(N)Cc1ccc(Cl)c(F)c1. The summed E-state index contributed by atoms with van der Waals surface area (Å²) in [5, 5.41) is 0.130. The van der Waals surface area contributed by atoms with Gasteiger partial charge in [0.05, 0.1) is 5.02 Å². The second-order valence-electron chi connectivity index (χ2n) is 4.24. The van der Waals surface area contributed by atoms with Gasteiger partial charge in [-0.3, -0.25) is 4.98 Å². The van der Waals surface area contributed by atoms with Crippen LogP contribution in [0, 0.1) is 12.7 Å². The highest BCUT2D eigenvalue weighted by Crippen LogP contribution is 2.21. The molecule has 1 atom stereocenters. The Bertz CT molecular complexity index is 557. The van der Waals surface area contributed by atoms with Crippen molar-refractivity contribution in [3.8, 4) is 0 Å². The van der Waals surface area contributed by atoms with E-state index < -0.39 is 5.82 Å².